The third kappa shape index (κ3) is 2.97. The molecule has 2 aromatic rings. The normalized spacial score (nSPS) is 19.6. The highest BCUT2D eigenvalue weighted by molar-refractivity contribution is 9.10. The van der Waals surface area contributed by atoms with E-state index in [1.54, 1.807) is 16.7 Å². The van der Waals surface area contributed by atoms with Crippen LogP contribution in [0, 0.1) is 0 Å². The Kier molecular flexibility index (Phi) is 4.63. The van der Waals surface area contributed by atoms with Gasteiger partial charge in [-0.15, -0.1) is 11.8 Å². The van der Waals surface area contributed by atoms with Crippen molar-refractivity contribution in [2.45, 2.75) is 17.2 Å². The SMILES string of the molecule is CSc1ccc(C2CC(=O)N(c3cccc(Br)c3)C3=C2C(=O)OC3)cc1. The summed E-state index contributed by atoms with van der Waals surface area (Å²) in [6.45, 7) is 0.131. The van der Waals surface area contributed by atoms with Gasteiger partial charge < -0.3 is 4.74 Å². The average molecular weight is 430 g/mol. The summed E-state index contributed by atoms with van der Waals surface area (Å²) in [6, 6.07) is 15.5. The Morgan fingerprint density at radius 3 is 2.62 bits per heavy atom. The summed E-state index contributed by atoms with van der Waals surface area (Å²) in [7, 11) is 0. The maximum absolute atomic E-state index is 13.0. The molecule has 2 aliphatic rings. The van der Waals surface area contributed by atoms with Crippen molar-refractivity contribution in [1.82, 2.24) is 0 Å². The zero-order valence-corrected chi connectivity index (χ0v) is 16.5. The van der Waals surface area contributed by atoms with Crippen LogP contribution in [0.5, 0.6) is 0 Å². The topological polar surface area (TPSA) is 46.6 Å². The summed E-state index contributed by atoms with van der Waals surface area (Å²) < 4.78 is 6.18. The molecule has 0 saturated carbocycles. The predicted octanol–water partition coefficient (Wildman–Crippen LogP) is 4.50. The fourth-order valence-electron chi connectivity index (χ4n) is 3.49. The standard InChI is InChI=1S/C20H16BrNO3S/c1-26-15-7-5-12(6-8-15)16-10-18(23)22(14-4-2-3-13(21)9-14)17-11-25-20(24)19(16)17/h2-9,16H,10-11H2,1H3. The number of amides is 1. The zero-order chi connectivity index (χ0) is 18.3. The van der Waals surface area contributed by atoms with Crippen LogP contribution in [0.1, 0.15) is 17.9 Å². The number of halogens is 1. The van der Waals surface area contributed by atoms with Gasteiger partial charge in [-0.25, -0.2) is 4.79 Å². The summed E-state index contributed by atoms with van der Waals surface area (Å²) in [5.41, 5.74) is 2.97. The van der Waals surface area contributed by atoms with E-state index in [0.29, 0.717) is 11.3 Å². The van der Waals surface area contributed by atoms with E-state index >= 15 is 0 Å². The summed E-state index contributed by atoms with van der Waals surface area (Å²) in [6.07, 6.45) is 2.27. The third-order valence-electron chi connectivity index (χ3n) is 4.70. The first kappa shape index (κ1) is 17.4. The van der Waals surface area contributed by atoms with E-state index in [1.165, 1.54) is 0 Å². The van der Waals surface area contributed by atoms with Gasteiger partial charge in [0, 0.05) is 27.4 Å². The molecule has 1 unspecified atom stereocenters. The van der Waals surface area contributed by atoms with E-state index in [4.69, 9.17) is 4.74 Å². The van der Waals surface area contributed by atoms with Crippen molar-refractivity contribution >= 4 is 45.3 Å². The molecule has 0 bridgehead atoms. The molecule has 2 heterocycles. The first-order chi connectivity index (χ1) is 12.6. The molecule has 2 aliphatic heterocycles. The molecule has 0 spiro atoms. The first-order valence-electron chi connectivity index (χ1n) is 8.21. The number of carbonyl (C=O) groups excluding carboxylic acids is 2. The number of benzene rings is 2. The van der Waals surface area contributed by atoms with Crippen LogP contribution < -0.4 is 4.90 Å². The lowest BCUT2D eigenvalue weighted by atomic mass is 9.84. The highest BCUT2D eigenvalue weighted by Gasteiger charge is 2.42. The lowest BCUT2D eigenvalue weighted by molar-refractivity contribution is -0.136. The molecule has 4 nitrogen and oxygen atoms in total. The monoisotopic (exact) mass is 429 g/mol. The van der Waals surface area contributed by atoms with Crippen molar-refractivity contribution < 1.29 is 14.3 Å². The fourth-order valence-corrected chi connectivity index (χ4v) is 4.29. The van der Waals surface area contributed by atoms with Crippen molar-refractivity contribution in [3.63, 3.8) is 0 Å². The number of rotatable bonds is 3. The summed E-state index contributed by atoms with van der Waals surface area (Å²) in [4.78, 5) is 28.2. The van der Waals surface area contributed by atoms with Crippen LogP contribution in [0.15, 0.2) is 69.2 Å². The minimum atomic E-state index is -0.327. The molecule has 0 aromatic heterocycles. The molecule has 1 amide bonds. The summed E-state index contributed by atoms with van der Waals surface area (Å²) in [5.74, 6) is -0.614. The maximum atomic E-state index is 13.0. The Labute approximate surface area is 164 Å². The zero-order valence-electron chi connectivity index (χ0n) is 14.1. The van der Waals surface area contributed by atoms with Crippen LogP contribution in [0.25, 0.3) is 0 Å². The molecule has 0 fully saturated rings. The molecular weight excluding hydrogens is 414 g/mol. The van der Waals surface area contributed by atoms with Crippen molar-refractivity contribution in [3.05, 3.63) is 69.8 Å². The lowest BCUT2D eigenvalue weighted by Crippen LogP contribution is -2.37. The van der Waals surface area contributed by atoms with Gasteiger partial charge in [-0.3, -0.25) is 9.69 Å². The number of thioether (sulfide) groups is 1. The molecule has 26 heavy (non-hydrogen) atoms. The third-order valence-corrected chi connectivity index (χ3v) is 5.94. The Morgan fingerprint density at radius 2 is 1.92 bits per heavy atom. The van der Waals surface area contributed by atoms with Crippen LogP contribution in [-0.2, 0) is 14.3 Å². The molecular formula is C20H16BrNO3S. The number of hydrogen-bond acceptors (Lipinski definition) is 4. The van der Waals surface area contributed by atoms with Crippen LogP contribution in [-0.4, -0.2) is 24.7 Å². The smallest absolute Gasteiger partial charge is 0.336 e. The largest absolute Gasteiger partial charge is 0.456 e. The molecule has 0 radical (unpaired) electrons. The highest BCUT2D eigenvalue weighted by Crippen LogP contribution is 2.42. The number of anilines is 1. The number of nitrogens with zero attached hydrogens (tertiary/aromatic N) is 1. The van der Waals surface area contributed by atoms with E-state index in [9.17, 15) is 9.59 Å². The van der Waals surface area contributed by atoms with Gasteiger partial charge in [-0.2, -0.15) is 0 Å². The van der Waals surface area contributed by atoms with Gasteiger partial charge >= 0.3 is 5.97 Å². The van der Waals surface area contributed by atoms with Crippen molar-refractivity contribution in [1.29, 1.82) is 0 Å². The van der Waals surface area contributed by atoms with Gasteiger partial charge in [0.05, 0.1) is 11.3 Å². The Hall–Kier alpha value is -2.05. The summed E-state index contributed by atoms with van der Waals surface area (Å²) >= 11 is 5.10. The Morgan fingerprint density at radius 1 is 1.15 bits per heavy atom. The number of carbonyl (C=O) groups is 2. The minimum absolute atomic E-state index is 0.0286. The second-order valence-corrected chi connectivity index (χ2v) is 7.97. The van der Waals surface area contributed by atoms with Gasteiger partial charge in [0.25, 0.3) is 0 Å². The van der Waals surface area contributed by atoms with E-state index in [0.717, 1.165) is 20.6 Å². The number of esters is 1. The second-order valence-electron chi connectivity index (χ2n) is 6.18. The quantitative estimate of drug-likeness (QED) is 0.532. The number of hydrogen-bond donors (Lipinski definition) is 0. The van der Waals surface area contributed by atoms with Gasteiger partial charge in [-0.1, -0.05) is 34.1 Å². The average Bonchev–Trinajstić information content (AvgIpc) is 3.02. The van der Waals surface area contributed by atoms with Crippen molar-refractivity contribution in [3.8, 4) is 0 Å². The molecule has 0 saturated heterocycles. The van der Waals surface area contributed by atoms with E-state index < -0.39 is 0 Å². The summed E-state index contributed by atoms with van der Waals surface area (Å²) in [5, 5.41) is 0. The fraction of sp³-hybridized carbons (Fsp3) is 0.200. The predicted molar refractivity (Wildman–Crippen MR) is 105 cm³/mol. The molecule has 4 rings (SSSR count). The lowest BCUT2D eigenvalue weighted by Gasteiger charge is -2.32. The van der Waals surface area contributed by atoms with E-state index in [2.05, 4.69) is 15.9 Å². The minimum Gasteiger partial charge on any atom is -0.456 e. The van der Waals surface area contributed by atoms with E-state index in [1.807, 2.05) is 54.8 Å². The van der Waals surface area contributed by atoms with Gasteiger partial charge in [-0.05, 0) is 42.2 Å². The van der Waals surface area contributed by atoms with Gasteiger partial charge in [0.15, 0.2) is 0 Å². The molecule has 6 heteroatoms. The molecule has 132 valence electrons. The number of ether oxygens (including phenoxy) is 1. The maximum Gasteiger partial charge on any atom is 0.336 e. The Balaban J connectivity index is 1.80. The highest BCUT2D eigenvalue weighted by atomic mass is 79.9. The van der Waals surface area contributed by atoms with Crippen LogP contribution in [0.3, 0.4) is 0 Å². The van der Waals surface area contributed by atoms with Crippen LogP contribution >= 0.6 is 27.7 Å². The van der Waals surface area contributed by atoms with Gasteiger partial charge in [0.1, 0.15) is 6.61 Å². The molecule has 2 aromatic carbocycles. The molecule has 0 aliphatic carbocycles. The van der Waals surface area contributed by atoms with Crippen molar-refractivity contribution in [2.75, 3.05) is 17.8 Å². The second kappa shape index (κ2) is 6.93. The van der Waals surface area contributed by atoms with Gasteiger partial charge in [0.2, 0.25) is 5.91 Å². The molecule has 1 atom stereocenters. The first-order valence-corrected chi connectivity index (χ1v) is 10.2. The number of cyclic esters (lactones) is 1. The van der Waals surface area contributed by atoms with E-state index in [-0.39, 0.29) is 30.8 Å². The Bertz CT molecular complexity index is 923. The van der Waals surface area contributed by atoms with Crippen LogP contribution in [0.4, 0.5) is 5.69 Å². The van der Waals surface area contributed by atoms with Crippen LogP contribution in [0.2, 0.25) is 0 Å². The van der Waals surface area contributed by atoms with Crippen molar-refractivity contribution in [2.24, 2.45) is 0 Å². The molecule has 0 N–H and O–H groups in total.